The van der Waals surface area contributed by atoms with Gasteiger partial charge >= 0.3 is 0 Å². The maximum atomic E-state index is 14.8. The van der Waals surface area contributed by atoms with E-state index in [0.29, 0.717) is 17.7 Å². The van der Waals surface area contributed by atoms with Crippen molar-refractivity contribution < 1.29 is 14.0 Å². The normalized spacial score (nSPS) is 14.6. The number of hydrogen-bond acceptors (Lipinski definition) is 3. The van der Waals surface area contributed by atoms with Crippen molar-refractivity contribution in [3.05, 3.63) is 107 Å². The molecule has 38 heavy (non-hydrogen) atoms. The van der Waals surface area contributed by atoms with Gasteiger partial charge < -0.3 is 10.2 Å². The van der Waals surface area contributed by atoms with Gasteiger partial charge in [-0.2, -0.15) is 0 Å². The van der Waals surface area contributed by atoms with Gasteiger partial charge in [-0.1, -0.05) is 92.1 Å². The topological polar surface area (TPSA) is 49.4 Å². The number of nitrogens with zero attached hydrogens (tertiary/aromatic N) is 1. The zero-order chi connectivity index (χ0) is 26.7. The van der Waals surface area contributed by atoms with Gasteiger partial charge in [-0.15, -0.1) is 11.8 Å². The van der Waals surface area contributed by atoms with Crippen molar-refractivity contribution >= 4 is 23.6 Å². The lowest BCUT2D eigenvalue weighted by Gasteiger charge is -2.33. The molecule has 0 saturated heterocycles. The minimum Gasteiger partial charge on any atom is -0.352 e. The van der Waals surface area contributed by atoms with Crippen molar-refractivity contribution in [3.8, 4) is 0 Å². The summed E-state index contributed by atoms with van der Waals surface area (Å²) in [5.41, 5.74) is 3.75. The Kier molecular flexibility index (Phi) is 10.4. The molecule has 1 aliphatic carbocycles. The summed E-state index contributed by atoms with van der Waals surface area (Å²) in [4.78, 5) is 29.1. The highest BCUT2D eigenvalue weighted by atomic mass is 32.2. The fourth-order valence-corrected chi connectivity index (χ4v) is 6.00. The molecule has 0 unspecified atom stereocenters. The minimum atomic E-state index is -0.731. The summed E-state index contributed by atoms with van der Waals surface area (Å²) < 4.78 is 14.8. The summed E-state index contributed by atoms with van der Waals surface area (Å²) in [5, 5.41) is 3.23. The van der Waals surface area contributed by atoms with Crippen LogP contribution >= 0.6 is 11.8 Å². The molecule has 0 aliphatic heterocycles. The fourth-order valence-electron chi connectivity index (χ4n) is 5.01. The Morgan fingerprint density at radius 2 is 1.58 bits per heavy atom. The van der Waals surface area contributed by atoms with E-state index in [-0.39, 0.29) is 36.0 Å². The number of halogens is 1. The molecule has 1 atom stereocenters. The average molecular weight is 533 g/mol. The van der Waals surface area contributed by atoms with Gasteiger partial charge in [0.15, 0.2) is 0 Å². The van der Waals surface area contributed by atoms with Crippen molar-refractivity contribution in [1.82, 2.24) is 10.2 Å². The highest BCUT2D eigenvalue weighted by Gasteiger charge is 2.32. The molecule has 4 rings (SSSR count). The zero-order valence-electron chi connectivity index (χ0n) is 22.1. The zero-order valence-corrected chi connectivity index (χ0v) is 22.9. The molecule has 1 fully saturated rings. The Morgan fingerprint density at radius 1 is 0.921 bits per heavy atom. The molecule has 1 aliphatic rings. The molecular weight excluding hydrogens is 495 g/mol. The number of carbonyl (C=O) groups excluding carboxylic acids is 2. The van der Waals surface area contributed by atoms with E-state index in [0.717, 1.165) is 31.2 Å². The van der Waals surface area contributed by atoms with Crippen LogP contribution in [-0.2, 0) is 28.3 Å². The van der Waals surface area contributed by atoms with Crippen LogP contribution < -0.4 is 5.32 Å². The second-order valence-corrected chi connectivity index (χ2v) is 11.1. The number of carbonyl (C=O) groups is 2. The van der Waals surface area contributed by atoms with E-state index in [4.69, 9.17) is 0 Å². The standard InChI is InChI=1S/C32H37FN2O2S/c1-24-12-8-9-16-27(24)22-38-23-31(36)35(21-26-15-10-11-19-29(26)33)30(20-25-13-4-2-5-14-25)32(37)34-28-17-6-3-7-18-28/h2,4-5,8-16,19,28,30H,3,6-7,17-18,20-23H2,1H3,(H,34,37)/t30-/m0/s1. The monoisotopic (exact) mass is 532 g/mol. The number of amides is 2. The molecule has 0 spiro atoms. The van der Waals surface area contributed by atoms with E-state index in [1.165, 1.54) is 35.4 Å². The summed E-state index contributed by atoms with van der Waals surface area (Å²) in [6.07, 6.45) is 5.68. The first-order valence-electron chi connectivity index (χ1n) is 13.5. The molecular formula is C32H37FN2O2S. The summed E-state index contributed by atoms with van der Waals surface area (Å²) in [5.74, 6) is 0.221. The summed E-state index contributed by atoms with van der Waals surface area (Å²) in [6.45, 7) is 2.11. The van der Waals surface area contributed by atoms with Gasteiger partial charge in [0.25, 0.3) is 0 Å². The third kappa shape index (κ3) is 7.94. The van der Waals surface area contributed by atoms with Crippen LogP contribution in [0.5, 0.6) is 0 Å². The van der Waals surface area contributed by atoms with Gasteiger partial charge in [-0.25, -0.2) is 4.39 Å². The molecule has 1 N–H and O–H groups in total. The Hall–Kier alpha value is -3.12. The molecule has 3 aromatic rings. The summed E-state index contributed by atoms with van der Waals surface area (Å²) in [6, 6.07) is 23.8. The molecule has 0 bridgehead atoms. The smallest absolute Gasteiger partial charge is 0.243 e. The summed E-state index contributed by atoms with van der Waals surface area (Å²) >= 11 is 1.53. The van der Waals surface area contributed by atoms with Crippen LogP contribution in [0.2, 0.25) is 0 Å². The number of hydrogen-bond donors (Lipinski definition) is 1. The van der Waals surface area contributed by atoms with Gasteiger partial charge in [0.05, 0.1) is 5.75 Å². The van der Waals surface area contributed by atoms with E-state index < -0.39 is 6.04 Å². The van der Waals surface area contributed by atoms with Crippen molar-refractivity contribution in [2.75, 3.05) is 5.75 Å². The number of benzene rings is 3. The minimum absolute atomic E-state index is 0.0476. The molecule has 4 nitrogen and oxygen atoms in total. The van der Waals surface area contributed by atoms with Crippen molar-refractivity contribution in [2.24, 2.45) is 0 Å². The predicted octanol–water partition coefficient (Wildman–Crippen LogP) is 6.46. The first kappa shape index (κ1) is 27.9. The van der Waals surface area contributed by atoms with Gasteiger partial charge in [0.2, 0.25) is 11.8 Å². The third-order valence-corrected chi connectivity index (χ3v) is 8.23. The number of nitrogens with one attached hydrogen (secondary N) is 1. The van der Waals surface area contributed by atoms with E-state index in [1.807, 2.05) is 42.5 Å². The van der Waals surface area contributed by atoms with Crippen LogP contribution in [0.4, 0.5) is 4.39 Å². The largest absolute Gasteiger partial charge is 0.352 e. The fraction of sp³-hybridized carbons (Fsp3) is 0.375. The van der Waals surface area contributed by atoms with Crippen molar-refractivity contribution in [3.63, 3.8) is 0 Å². The molecule has 2 amide bonds. The second kappa shape index (κ2) is 14.1. The van der Waals surface area contributed by atoms with E-state index in [1.54, 1.807) is 23.1 Å². The molecule has 3 aromatic carbocycles. The van der Waals surface area contributed by atoms with Gasteiger partial charge in [-0.05, 0) is 42.5 Å². The lowest BCUT2D eigenvalue weighted by Crippen LogP contribution is -2.53. The third-order valence-electron chi connectivity index (χ3n) is 7.27. The van der Waals surface area contributed by atoms with Crippen molar-refractivity contribution in [1.29, 1.82) is 0 Å². The Labute approximate surface area is 230 Å². The Balaban J connectivity index is 1.58. The molecule has 200 valence electrons. The average Bonchev–Trinajstić information content (AvgIpc) is 2.93. The van der Waals surface area contributed by atoms with Gasteiger partial charge in [0, 0.05) is 30.3 Å². The number of aryl methyl sites for hydroxylation is 1. The lowest BCUT2D eigenvalue weighted by atomic mass is 9.94. The first-order valence-corrected chi connectivity index (χ1v) is 14.7. The summed E-state index contributed by atoms with van der Waals surface area (Å²) in [7, 11) is 0. The van der Waals surface area contributed by atoms with E-state index in [2.05, 4.69) is 24.4 Å². The van der Waals surface area contributed by atoms with Crippen molar-refractivity contribution in [2.45, 2.75) is 69.8 Å². The molecule has 0 heterocycles. The Bertz CT molecular complexity index is 1200. The highest BCUT2D eigenvalue weighted by molar-refractivity contribution is 7.99. The van der Waals surface area contributed by atoms with E-state index >= 15 is 0 Å². The van der Waals surface area contributed by atoms with Crippen LogP contribution in [0, 0.1) is 12.7 Å². The predicted molar refractivity (Wildman–Crippen MR) is 153 cm³/mol. The maximum Gasteiger partial charge on any atom is 0.243 e. The Morgan fingerprint density at radius 3 is 2.29 bits per heavy atom. The number of thioether (sulfide) groups is 1. The van der Waals surface area contributed by atoms with Crippen LogP contribution in [-0.4, -0.2) is 34.6 Å². The number of rotatable bonds is 11. The maximum absolute atomic E-state index is 14.8. The van der Waals surface area contributed by atoms with Crippen LogP contribution in [0.3, 0.4) is 0 Å². The first-order chi connectivity index (χ1) is 18.5. The van der Waals surface area contributed by atoms with Gasteiger partial charge in [0.1, 0.15) is 11.9 Å². The van der Waals surface area contributed by atoms with Gasteiger partial charge in [-0.3, -0.25) is 9.59 Å². The molecule has 1 saturated carbocycles. The SMILES string of the molecule is Cc1ccccc1CSCC(=O)N(Cc1ccccc1F)[C@@H](Cc1ccccc1)C(=O)NC1CCCCC1. The lowest BCUT2D eigenvalue weighted by molar-refractivity contribution is -0.139. The quantitative estimate of drug-likeness (QED) is 0.309. The van der Waals surface area contributed by atoms with Crippen LogP contribution in [0.15, 0.2) is 78.9 Å². The van der Waals surface area contributed by atoms with Crippen LogP contribution in [0.1, 0.15) is 54.4 Å². The highest BCUT2D eigenvalue weighted by Crippen LogP contribution is 2.22. The molecule has 6 heteroatoms. The van der Waals surface area contributed by atoms with E-state index in [9.17, 15) is 14.0 Å². The van der Waals surface area contributed by atoms with Crippen LogP contribution in [0.25, 0.3) is 0 Å². The molecule has 0 radical (unpaired) electrons. The molecule has 0 aromatic heterocycles. The second-order valence-electron chi connectivity index (χ2n) is 10.1.